The molecule has 0 bridgehead atoms. The van der Waals surface area contributed by atoms with Crippen molar-refractivity contribution in [3.8, 4) is 0 Å². The maximum atomic E-state index is 9.90. The smallest absolute Gasteiger partial charge is 0.187 e. The first kappa shape index (κ1) is 25.8. The summed E-state index contributed by atoms with van der Waals surface area (Å²) in [6.07, 6.45) is -6.12. The van der Waals surface area contributed by atoms with E-state index in [1.165, 1.54) is 21.3 Å². The minimum Gasteiger partial charge on any atom is -0.394 e. The van der Waals surface area contributed by atoms with E-state index in [1.54, 1.807) is 28.4 Å². The molecular weight excluding hydrogens is 404 g/mol. The van der Waals surface area contributed by atoms with Crippen LogP contribution in [0.1, 0.15) is 0 Å². The lowest BCUT2D eigenvalue weighted by atomic mass is 9.98. The number of methoxy groups -OCH3 is 7. The number of hydrogen-bond acceptors (Lipinski definition) is 11. The third-order valence-electron chi connectivity index (χ3n) is 5.59. The summed E-state index contributed by atoms with van der Waals surface area (Å²) in [6, 6.07) is 0. The molecule has 2 aliphatic heterocycles. The number of aliphatic hydroxyl groups is 1. The summed E-state index contributed by atoms with van der Waals surface area (Å²) in [5.74, 6) is 0. The van der Waals surface area contributed by atoms with E-state index in [0.29, 0.717) is 6.61 Å². The Labute approximate surface area is 177 Å². The number of rotatable bonds is 12. The molecule has 0 radical (unpaired) electrons. The molecule has 2 heterocycles. The minimum absolute atomic E-state index is 0.304. The van der Waals surface area contributed by atoms with Gasteiger partial charge in [-0.05, 0) is 0 Å². The molecule has 11 heteroatoms. The third-order valence-corrected chi connectivity index (χ3v) is 5.59. The fourth-order valence-corrected chi connectivity index (χ4v) is 4.09. The maximum Gasteiger partial charge on any atom is 0.187 e. The molecule has 2 saturated heterocycles. The molecule has 0 aliphatic carbocycles. The van der Waals surface area contributed by atoms with Crippen molar-refractivity contribution in [3.05, 3.63) is 0 Å². The zero-order valence-electron chi connectivity index (χ0n) is 18.7. The first-order valence-electron chi connectivity index (χ1n) is 9.77. The number of ether oxygens (including phenoxy) is 10. The van der Waals surface area contributed by atoms with Crippen LogP contribution in [0.4, 0.5) is 0 Å². The van der Waals surface area contributed by atoms with Gasteiger partial charge < -0.3 is 52.5 Å². The Morgan fingerprint density at radius 1 is 0.700 bits per heavy atom. The van der Waals surface area contributed by atoms with Crippen LogP contribution in [0.25, 0.3) is 0 Å². The molecule has 0 unspecified atom stereocenters. The lowest BCUT2D eigenvalue weighted by molar-refractivity contribution is -0.333. The fraction of sp³-hybridized carbons (Fsp3) is 1.00. The Hall–Kier alpha value is -0.440. The first-order valence-corrected chi connectivity index (χ1v) is 9.77. The van der Waals surface area contributed by atoms with Crippen LogP contribution < -0.4 is 0 Å². The van der Waals surface area contributed by atoms with Crippen molar-refractivity contribution in [2.75, 3.05) is 63.0 Å². The predicted octanol–water partition coefficient (Wildman–Crippen LogP) is -0.818. The normalized spacial score (nSPS) is 40.6. The van der Waals surface area contributed by atoms with Crippen LogP contribution in [0.5, 0.6) is 0 Å². The molecule has 0 aromatic carbocycles. The second-order valence-corrected chi connectivity index (χ2v) is 7.06. The Bertz CT molecular complexity index is 481. The van der Waals surface area contributed by atoms with Gasteiger partial charge in [0.25, 0.3) is 0 Å². The van der Waals surface area contributed by atoms with Crippen LogP contribution >= 0.6 is 0 Å². The van der Waals surface area contributed by atoms with Gasteiger partial charge >= 0.3 is 0 Å². The highest BCUT2D eigenvalue weighted by molar-refractivity contribution is 4.97. The Morgan fingerprint density at radius 3 is 1.77 bits per heavy atom. The summed E-state index contributed by atoms with van der Waals surface area (Å²) in [4.78, 5) is 0. The molecule has 0 amide bonds. The van der Waals surface area contributed by atoms with E-state index < -0.39 is 61.4 Å². The van der Waals surface area contributed by atoms with E-state index in [0.717, 1.165) is 0 Å². The summed E-state index contributed by atoms with van der Waals surface area (Å²) in [5, 5.41) is 9.90. The Kier molecular flexibility index (Phi) is 10.8. The van der Waals surface area contributed by atoms with Gasteiger partial charge in [-0.2, -0.15) is 0 Å². The summed E-state index contributed by atoms with van der Waals surface area (Å²) < 4.78 is 56.7. The Morgan fingerprint density at radius 2 is 1.30 bits per heavy atom. The summed E-state index contributed by atoms with van der Waals surface area (Å²) in [6.45, 7) is -0.00928. The first-order chi connectivity index (χ1) is 14.5. The molecular formula is C19H36O11. The van der Waals surface area contributed by atoms with Crippen molar-refractivity contribution in [1.29, 1.82) is 0 Å². The van der Waals surface area contributed by atoms with E-state index in [-0.39, 0.29) is 6.61 Å². The van der Waals surface area contributed by atoms with Crippen molar-refractivity contribution >= 4 is 0 Å². The van der Waals surface area contributed by atoms with Crippen molar-refractivity contribution in [2.45, 2.75) is 61.4 Å². The molecule has 2 rings (SSSR count). The van der Waals surface area contributed by atoms with E-state index in [1.807, 2.05) is 0 Å². The molecule has 178 valence electrons. The highest BCUT2D eigenvalue weighted by Crippen LogP contribution is 2.34. The van der Waals surface area contributed by atoms with Crippen LogP contribution in [0.3, 0.4) is 0 Å². The molecule has 0 saturated carbocycles. The van der Waals surface area contributed by atoms with Gasteiger partial charge in [0.15, 0.2) is 12.6 Å². The molecule has 0 aromatic heterocycles. The zero-order chi connectivity index (χ0) is 22.3. The summed E-state index contributed by atoms with van der Waals surface area (Å²) in [7, 11) is 10.8. The van der Waals surface area contributed by atoms with Crippen LogP contribution in [0.15, 0.2) is 0 Å². The lowest BCUT2D eigenvalue weighted by Gasteiger charge is -2.45. The molecule has 30 heavy (non-hydrogen) atoms. The maximum absolute atomic E-state index is 9.90. The number of hydrogen-bond donors (Lipinski definition) is 1. The molecule has 2 aliphatic rings. The van der Waals surface area contributed by atoms with Crippen LogP contribution in [-0.4, -0.2) is 130 Å². The van der Waals surface area contributed by atoms with Gasteiger partial charge in [-0.15, -0.1) is 0 Å². The van der Waals surface area contributed by atoms with Gasteiger partial charge in [0.05, 0.1) is 13.2 Å². The van der Waals surface area contributed by atoms with E-state index in [9.17, 15) is 5.11 Å². The highest BCUT2D eigenvalue weighted by Gasteiger charge is 2.54. The van der Waals surface area contributed by atoms with Gasteiger partial charge in [0.1, 0.15) is 48.8 Å². The summed E-state index contributed by atoms with van der Waals surface area (Å²) in [5.41, 5.74) is 0. The lowest BCUT2D eigenvalue weighted by Crippen LogP contribution is -2.62. The SMILES string of the molecule is COC[C@@H](OC)[C@H]1O[C@H](O[C@H]2[C@H](OC)[C@@H](OC)[C@@H](OC)O[C@@H]2CO)[C@@H](OC)[C@H]1OC. The van der Waals surface area contributed by atoms with Gasteiger partial charge in [-0.25, -0.2) is 0 Å². The average Bonchev–Trinajstić information content (AvgIpc) is 3.13. The van der Waals surface area contributed by atoms with E-state index in [4.69, 9.17) is 47.4 Å². The third kappa shape index (κ3) is 5.30. The molecule has 11 nitrogen and oxygen atoms in total. The highest BCUT2D eigenvalue weighted by atomic mass is 16.8. The van der Waals surface area contributed by atoms with Crippen molar-refractivity contribution in [1.82, 2.24) is 0 Å². The van der Waals surface area contributed by atoms with Crippen LogP contribution in [0, 0.1) is 0 Å². The zero-order valence-corrected chi connectivity index (χ0v) is 18.7. The second-order valence-electron chi connectivity index (χ2n) is 7.06. The summed E-state index contributed by atoms with van der Waals surface area (Å²) >= 11 is 0. The van der Waals surface area contributed by atoms with Crippen LogP contribution in [0.2, 0.25) is 0 Å². The quantitative estimate of drug-likeness (QED) is 0.411. The predicted molar refractivity (Wildman–Crippen MR) is 102 cm³/mol. The molecule has 1 N–H and O–H groups in total. The largest absolute Gasteiger partial charge is 0.394 e. The molecule has 2 fully saturated rings. The Balaban J connectivity index is 2.25. The van der Waals surface area contributed by atoms with Crippen molar-refractivity contribution in [3.63, 3.8) is 0 Å². The number of aliphatic hydroxyl groups excluding tert-OH is 1. The minimum atomic E-state index is -0.837. The van der Waals surface area contributed by atoms with Gasteiger partial charge in [0, 0.05) is 49.8 Å². The topological polar surface area (TPSA) is 113 Å². The monoisotopic (exact) mass is 440 g/mol. The molecule has 0 spiro atoms. The van der Waals surface area contributed by atoms with Gasteiger partial charge in [0.2, 0.25) is 0 Å². The average molecular weight is 440 g/mol. The standard InChI is InChI=1S/C19H36O11/c1-21-9-11(22-2)13-15(24-4)17(26-6)19(30-13)29-12-10(8-20)28-18(27-7)16(25-5)14(12)23-3/h10-20H,8-9H2,1-7H3/t10-,11-,12-,13-,14+,15+,16-,17+,18+,19+/m1/s1. The second kappa shape index (κ2) is 12.6. The van der Waals surface area contributed by atoms with Crippen LogP contribution in [-0.2, 0) is 47.4 Å². The molecule has 10 atom stereocenters. The van der Waals surface area contributed by atoms with Gasteiger partial charge in [-0.1, -0.05) is 0 Å². The van der Waals surface area contributed by atoms with Crippen molar-refractivity contribution < 1.29 is 52.5 Å². The fourth-order valence-electron chi connectivity index (χ4n) is 4.09. The van der Waals surface area contributed by atoms with E-state index >= 15 is 0 Å². The molecule has 0 aromatic rings. The van der Waals surface area contributed by atoms with Crippen molar-refractivity contribution in [2.24, 2.45) is 0 Å². The van der Waals surface area contributed by atoms with E-state index in [2.05, 4.69) is 0 Å². The van der Waals surface area contributed by atoms with Gasteiger partial charge in [-0.3, -0.25) is 0 Å².